The summed E-state index contributed by atoms with van der Waals surface area (Å²) in [6.45, 7) is -1.60. The fourth-order valence-corrected chi connectivity index (χ4v) is 2.56. The van der Waals surface area contributed by atoms with Crippen molar-refractivity contribution in [2.75, 3.05) is 13.2 Å². The van der Waals surface area contributed by atoms with Crippen LogP contribution in [0.2, 0.25) is 0 Å². The predicted molar refractivity (Wildman–Crippen MR) is 68.7 cm³/mol. The Morgan fingerprint density at radius 1 is 1.04 bits per heavy atom. The third kappa shape index (κ3) is 3.10. The van der Waals surface area contributed by atoms with E-state index in [4.69, 9.17) is 16.0 Å². The van der Waals surface area contributed by atoms with Crippen molar-refractivity contribution in [1.29, 1.82) is 0 Å². The van der Waals surface area contributed by atoms with Gasteiger partial charge < -0.3 is 55.4 Å². The van der Waals surface area contributed by atoms with Crippen LogP contribution in [0.5, 0.6) is 0 Å². The van der Waals surface area contributed by atoms with E-state index in [0.717, 1.165) is 0 Å². The van der Waals surface area contributed by atoms with Gasteiger partial charge in [-0.15, -0.1) is 0 Å². The van der Waals surface area contributed by atoms with Crippen LogP contribution in [0.25, 0.3) is 0 Å². The van der Waals surface area contributed by atoms with Crippen molar-refractivity contribution in [1.82, 2.24) is 0 Å². The lowest BCUT2D eigenvalue weighted by Gasteiger charge is -2.49. The number of ether oxygens (including phenoxy) is 2. The van der Waals surface area contributed by atoms with Crippen molar-refractivity contribution in [2.45, 2.75) is 60.7 Å². The van der Waals surface area contributed by atoms with E-state index in [-0.39, 0.29) is 0 Å². The molecule has 2 heterocycles. The minimum atomic E-state index is -3.04. The normalized spacial score (nSPS) is 56.9. The molecule has 2 rings (SSSR count). The van der Waals surface area contributed by atoms with Gasteiger partial charge in [-0.25, -0.2) is 0 Å². The largest absolute Gasteiger partial charge is 0.394 e. The van der Waals surface area contributed by atoms with Gasteiger partial charge in [0.25, 0.3) is 0 Å². The molecular formula is C12H22O11. The van der Waals surface area contributed by atoms with Crippen molar-refractivity contribution in [3.63, 3.8) is 0 Å². The van der Waals surface area contributed by atoms with Crippen LogP contribution in [0.1, 0.15) is 1.37 Å². The van der Waals surface area contributed by atoms with Gasteiger partial charge >= 0.3 is 0 Å². The van der Waals surface area contributed by atoms with Crippen LogP contribution in [0.3, 0.4) is 0 Å². The molecule has 3 unspecified atom stereocenters. The highest BCUT2D eigenvalue weighted by molar-refractivity contribution is 5.03. The second-order valence-electron chi connectivity index (χ2n) is 5.64. The number of rotatable bonds is 3. The molecule has 9 N–H and O–H groups in total. The van der Waals surface area contributed by atoms with Gasteiger partial charge in [-0.1, -0.05) is 0 Å². The van der Waals surface area contributed by atoms with Crippen LogP contribution in [0.15, 0.2) is 0 Å². The molecule has 0 saturated carbocycles. The third-order valence-corrected chi connectivity index (χ3v) is 4.10. The van der Waals surface area contributed by atoms with Gasteiger partial charge in [-0.05, 0) is 0 Å². The van der Waals surface area contributed by atoms with Crippen molar-refractivity contribution in [3.05, 3.63) is 0 Å². The standard InChI is InChI=1S/C12H22O11/c13-1-4-6(16)7(17)8(18)9(23-4)11(20)12(21)10(19)5(15)3(14)2-22-12/h3-11,13-21H,1-2H2/t3-,4-,5-,6-,7+,8-,9?,10+,11?,12?/m1/s1/i9D. The zero-order valence-corrected chi connectivity index (χ0v) is 11.9. The van der Waals surface area contributed by atoms with Gasteiger partial charge in [0.15, 0.2) is 0 Å². The van der Waals surface area contributed by atoms with E-state index in [1.165, 1.54) is 0 Å². The molecular weight excluding hydrogens is 320 g/mol. The molecule has 2 aliphatic heterocycles. The molecule has 0 aliphatic carbocycles. The first-order valence-electron chi connectivity index (χ1n) is 7.42. The Hall–Kier alpha value is -0.440. The Kier molecular flexibility index (Phi) is 5.15. The van der Waals surface area contributed by atoms with E-state index in [2.05, 4.69) is 0 Å². The molecule has 23 heavy (non-hydrogen) atoms. The molecule has 2 aliphatic rings. The highest BCUT2D eigenvalue weighted by atomic mass is 16.7. The smallest absolute Gasteiger partial charge is 0.224 e. The van der Waals surface area contributed by atoms with Crippen molar-refractivity contribution in [2.24, 2.45) is 0 Å². The number of aliphatic hydroxyl groups is 9. The summed E-state index contributed by atoms with van der Waals surface area (Å²) < 4.78 is 17.7. The molecule has 0 bridgehead atoms. The monoisotopic (exact) mass is 343 g/mol. The maximum absolute atomic E-state index is 10.3. The first-order chi connectivity index (χ1) is 11.0. The molecule has 0 aromatic rings. The summed E-state index contributed by atoms with van der Waals surface area (Å²) in [7, 11) is 0. The SMILES string of the molecule is [2H]C1(C(O)C2(O)OC[C@@H](O)[C@@H](O)[C@@H]2O)O[C@H](CO)[C@@H](O)[C@H](O)[C@H]1O. The zero-order valence-electron chi connectivity index (χ0n) is 12.9. The van der Waals surface area contributed by atoms with Crippen LogP contribution in [0, 0.1) is 0 Å². The van der Waals surface area contributed by atoms with Gasteiger partial charge in [-0.3, -0.25) is 0 Å². The van der Waals surface area contributed by atoms with E-state index in [1.807, 2.05) is 0 Å². The average Bonchev–Trinajstić information content (AvgIpc) is 2.57. The lowest BCUT2D eigenvalue weighted by molar-refractivity contribution is -0.375. The van der Waals surface area contributed by atoms with E-state index in [1.54, 1.807) is 0 Å². The van der Waals surface area contributed by atoms with E-state index in [9.17, 15) is 40.9 Å². The Balaban J connectivity index is 2.33. The highest BCUT2D eigenvalue weighted by Gasteiger charge is 2.59. The second-order valence-corrected chi connectivity index (χ2v) is 5.64. The Bertz CT molecular complexity index is 453. The summed E-state index contributed by atoms with van der Waals surface area (Å²) in [5.74, 6) is -3.04. The van der Waals surface area contributed by atoms with E-state index >= 15 is 0 Å². The van der Waals surface area contributed by atoms with Crippen LogP contribution in [-0.2, 0) is 9.47 Å². The zero-order chi connectivity index (χ0) is 18.4. The molecule has 2 saturated heterocycles. The van der Waals surface area contributed by atoms with Crippen LogP contribution in [-0.4, -0.2) is 120 Å². The van der Waals surface area contributed by atoms with Crippen LogP contribution < -0.4 is 0 Å². The molecule has 136 valence electrons. The maximum Gasteiger partial charge on any atom is 0.224 e. The van der Waals surface area contributed by atoms with Gasteiger partial charge in [0.05, 0.1) is 14.6 Å². The lowest BCUT2D eigenvalue weighted by Crippen LogP contribution is -2.72. The molecule has 0 spiro atoms. The van der Waals surface area contributed by atoms with E-state index in [0.29, 0.717) is 0 Å². The number of aliphatic hydroxyl groups excluding tert-OH is 8. The summed E-state index contributed by atoms with van der Waals surface area (Å²) in [5.41, 5.74) is 0. The number of hydrogen-bond donors (Lipinski definition) is 9. The number of hydrogen-bond acceptors (Lipinski definition) is 11. The van der Waals surface area contributed by atoms with Crippen molar-refractivity contribution in [3.8, 4) is 0 Å². The molecule has 2 fully saturated rings. The predicted octanol–water partition coefficient (Wildman–Crippen LogP) is -6.01. The minimum absolute atomic E-state index is 0.716. The second kappa shape index (κ2) is 6.82. The summed E-state index contributed by atoms with van der Waals surface area (Å²) in [6, 6.07) is 0. The average molecular weight is 343 g/mol. The molecule has 0 aromatic heterocycles. The molecule has 11 heteroatoms. The van der Waals surface area contributed by atoms with Crippen LogP contribution >= 0.6 is 0 Å². The lowest BCUT2D eigenvalue weighted by atomic mass is 9.85. The van der Waals surface area contributed by atoms with Crippen molar-refractivity contribution >= 4 is 0 Å². The van der Waals surface area contributed by atoms with Gasteiger partial charge in [-0.2, -0.15) is 0 Å². The summed E-state index contributed by atoms with van der Waals surface area (Å²) in [6.07, 6.45) is -19.0. The summed E-state index contributed by atoms with van der Waals surface area (Å²) in [4.78, 5) is 0. The first-order valence-corrected chi connectivity index (χ1v) is 6.92. The highest BCUT2D eigenvalue weighted by Crippen LogP contribution is 2.33. The van der Waals surface area contributed by atoms with Crippen molar-refractivity contribution < 1.29 is 56.8 Å². The summed E-state index contributed by atoms with van der Waals surface area (Å²) in [5, 5.41) is 88.1. The minimum Gasteiger partial charge on any atom is -0.394 e. The quantitative estimate of drug-likeness (QED) is 0.236. The van der Waals surface area contributed by atoms with Gasteiger partial charge in [0.2, 0.25) is 5.79 Å². The Labute approximate surface area is 132 Å². The molecule has 0 radical (unpaired) electrons. The topological polar surface area (TPSA) is 201 Å². The Morgan fingerprint density at radius 3 is 2.22 bits per heavy atom. The van der Waals surface area contributed by atoms with Gasteiger partial charge in [0.1, 0.15) is 54.9 Å². The molecule has 10 atom stereocenters. The van der Waals surface area contributed by atoms with Crippen LogP contribution in [0.4, 0.5) is 0 Å². The van der Waals surface area contributed by atoms with E-state index < -0.39 is 73.9 Å². The first kappa shape index (κ1) is 17.4. The maximum atomic E-state index is 10.3. The molecule has 0 aromatic carbocycles. The Morgan fingerprint density at radius 2 is 1.65 bits per heavy atom. The summed E-state index contributed by atoms with van der Waals surface area (Å²) >= 11 is 0. The van der Waals surface area contributed by atoms with Gasteiger partial charge in [0, 0.05) is 0 Å². The molecule has 0 amide bonds. The fraction of sp³-hybridized carbons (Fsp3) is 1.00. The fourth-order valence-electron chi connectivity index (χ4n) is 2.56. The third-order valence-electron chi connectivity index (χ3n) is 4.10. The molecule has 11 nitrogen and oxygen atoms in total.